The number of nitrogen functional groups attached to an aromatic ring is 1. The lowest BCUT2D eigenvalue weighted by atomic mass is 10.3. The van der Waals surface area contributed by atoms with Gasteiger partial charge < -0.3 is 15.9 Å². The van der Waals surface area contributed by atoms with Crippen LogP contribution in [0.25, 0.3) is 5.65 Å². The van der Waals surface area contributed by atoms with Gasteiger partial charge in [0.25, 0.3) is 0 Å². The van der Waals surface area contributed by atoms with E-state index in [-0.39, 0.29) is 0 Å². The fraction of sp³-hybridized carbons (Fsp3) is 0.250. The lowest BCUT2D eigenvalue weighted by Crippen LogP contribution is -2.02. The number of aromatic nitrogens is 3. The Morgan fingerprint density at radius 1 is 1.36 bits per heavy atom. The average Bonchev–Trinajstić information content (AvgIpc) is 2.48. The first-order valence-corrected chi connectivity index (χ1v) is 4.99. The summed E-state index contributed by atoms with van der Waals surface area (Å²) in [5, 5.41) is 0. The first-order valence-electron chi connectivity index (χ1n) is 4.20. The molecule has 6 heteroatoms. The molecule has 0 unspecified atom stereocenters. The standard InChI is InChI=1S/C8H10BrN5/c9-6-4-14-3-5(1-2-10)12-8(14)7(11)13-6/h3-4H,1-2,10H2,(H2,11,13). The van der Waals surface area contributed by atoms with E-state index in [0.29, 0.717) is 22.6 Å². The van der Waals surface area contributed by atoms with Gasteiger partial charge in [0.15, 0.2) is 11.5 Å². The van der Waals surface area contributed by atoms with Crippen LogP contribution in [0.15, 0.2) is 17.0 Å². The zero-order valence-electron chi connectivity index (χ0n) is 7.44. The van der Waals surface area contributed by atoms with Crippen molar-refractivity contribution < 1.29 is 0 Å². The van der Waals surface area contributed by atoms with Crippen molar-refractivity contribution >= 4 is 27.4 Å². The van der Waals surface area contributed by atoms with E-state index in [1.165, 1.54) is 0 Å². The Morgan fingerprint density at radius 3 is 2.86 bits per heavy atom. The number of imidazole rings is 1. The molecule has 5 nitrogen and oxygen atoms in total. The molecular weight excluding hydrogens is 246 g/mol. The summed E-state index contributed by atoms with van der Waals surface area (Å²) in [7, 11) is 0. The summed E-state index contributed by atoms with van der Waals surface area (Å²) < 4.78 is 2.54. The first kappa shape index (κ1) is 9.42. The molecule has 14 heavy (non-hydrogen) atoms. The highest BCUT2D eigenvalue weighted by atomic mass is 79.9. The van der Waals surface area contributed by atoms with E-state index in [4.69, 9.17) is 11.5 Å². The van der Waals surface area contributed by atoms with Crippen molar-refractivity contribution in [1.82, 2.24) is 14.4 Å². The average molecular weight is 256 g/mol. The molecule has 2 aromatic heterocycles. The molecule has 0 aliphatic heterocycles. The van der Waals surface area contributed by atoms with Crippen LogP contribution in [0.2, 0.25) is 0 Å². The molecular formula is C8H10BrN5. The van der Waals surface area contributed by atoms with Gasteiger partial charge in [0.2, 0.25) is 0 Å². The Labute approximate surface area is 89.3 Å². The third kappa shape index (κ3) is 1.58. The van der Waals surface area contributed by atoms with Crippen LogP contribution in [-0.2, 0) is 6.42 Å². The second kappa shape index (κ2) is 3.55. The zero-order chi connectivity index (χ0) is 10.1. The number of hydrogen-bond acceptors (Lipinski definition) is 4. The maximum absolute atomic E-state index is 5.71. The minimum Gasteiger partial charge on any atom is -0.381 e. The molecule has 0 aromatic carbocycles. The molecule has 0 spiro atoms. The van der Waals surface area contributed by atoms with E-state index < -0.39 is 0 Å². The normalized spacial score (nSPS) is 11.0. The van der Waals surface area contributed by atoms with Crippen molar-refractivity contribution in [3.63, 3.8) is 0 Å². The molecule has 2 aromatic rings. The molecule has 0 fully saturated rings. The molecule has 0 aliphatic carbocycles. The summed E-state index contributed by atoms with van der Waals surface area (Å²) in [5.41, 5.74) is 12.8. The largest absolute Gasteiger partial charge is 0.381 e. The molecule has 0 saturated carbocycles. The molecule has 2 heterocycles. The predicted molar refractivity (Wildman–Crippen MR) is 57.9 cm³/mol. The van der Waals surface area contributed by atoms with Crippen LogP contribution < -0.4 is 11.5 Å². The highest BCUT2D eigenvalue weighted by molar-refractivity contribution is 9.10. The Bertz CT molecular complexity index is 464. The summed E-state index contributed by atoms with van der Waals surface area (Å²) in [5.74, 6) is 0.419. The minimum absolute atomic E-state index is 0.419. The van der Waals surface area contributed by atoms with Gasteiger partial charge in [-0.3, -0.25) is 0 Å². The summed E-state index contributed by atoms with van der Waals surface area (Å²) in [6, 6.07) is 0. The van der Waals surface area contributed by atoms with E-state index in [2.05, 4.69) is 25.9 Å². The molecule has 2 rings (SSSR count). The van der Waals surface area contributed by atoms with Gasteiger partial charge in [-0.2, -0.15) is 0 Å². The Kier molecular flexibility index (Phi) is 2.39. The van der Waals surface area contributed by atoms with Crippen LogP contribution in [0.3, 0.4) is 0 Å². The van der Waals surface area contributed by atoms with Gasteiger partial charge in [0.05, 0.1) is 5.69 Å². The van der Waals surface area contributed by atoms with E-state index in [1.54, 1.807) is 0 Å². The zero-order valence-corrected chi connectivity index (χ0v) is 9.03. The molecule has 0 amide bonds. The summed E-state index contributed by atoms with van der Waals surface area (Å²) in [6.07, 6.45) is 4.47. The minimum atomic E-state index is 0.419. The first-order chi connectivity index (χ1) is 6.70. The highest BCUT2D eigenvalue weighted by Crippen LogP contribution is 2.15. The molecule has 0 bridgehead atoms. The van der Waals surface area contributed by atoms with Gasteiger partial charge in [0, 0.05) is 18.8 Å². The summed E-state index contributed by atoms with van der Waals surface area (Å²) in [4.78, 5) is 8.37. The fourth-order valence-corrected chi connectivity index (χ4v) is 1.72. The maximum atomic E-state index is 5.71. The quantitative estimate of drug-likeness (QED) is 0.823. The smallest absolute Gasteiger partial charge is 0.180 e. The third-order valence-corrected chi connectivity index (χ3v) is 2.27. The van der Waals surface area contributed by atoms with Gasteiger partial charge in [-0.05, 0) is 22.5 Å². The molecule has 4 N–H and O–H groups in total. The summed E-state index contributed by atoms with van der Waals surface area (Å²) >= 11 is 3.27. The molecule has 0 atom stereocenters. The SMILES string of the molecule is NCCc1cn2cc(Br)nc(N)c2n1. The summed E-state index contributed by atoms with van der Waals surface area (Å²) in [6.45, 7) is 0.582. The Hall–Kier alpha value is -1.14. The number of rotatable bonds is 2. The van der Waals surface area contributed by atoms with Crippen molar-refractivity contribution in [2.24, 2.45) is 5.73 Å². The number of nitrogens with zero attached hydrogens (tertiary/aromatic N) is 3. The van der Waals surface area contributed by atoms with E-state index in [9.17, 15) is 0 Å². The monoisotopic (exact) mass is 255 g/mol. The molecule has 0 radical (unpaired) electrons. The van der Waals surface area contributed by atoms with Crippen molar-refractivity contribution in [2.45, 2.75) is 6.42 Å². The number of halogens is 1. The fourth-order valence-electron chi connectivity index (χ4n) is 1.31. The number of anilines is 1. The molecule has 0 saturated heterocycles. The van der Waals surface area contributed by atoms with Crippen molar-refractivity contribution in [3.05, 3.63) is 22.7 Å². The van der Waals surface area contributed by atoms with Crippen LogP contribution >= 0.6 is 15.9 Å². The van der Waals surface area contributed by atoms with Crippen LogP contribution in [-0.4, -0.2) is 20.9 Å². The van der Waals surface area contributed by atoms with Crippen molar-refractivity contribution in [2.75, 3.05) is 12.3 Å². The lowest BCUT2D eigenvalue weighted by molar-refractivity contribution is 0.937. The van der Waals surface area contributed by atoms with Crippen molar-refractivity contribution in [1.29, 1.82) is 0 Å². The Balaban J connectivity index is 2.58. The van der Waals surface area contributed by atoms with E-state index >= 15 is 0 Å². The Morgan fingerprint density at radius 2 is 2.14 bits per heavy atom. The van der Waals surface area contributed by atoms with Gasteiger partial charge >= 0.3 is 0 Å². The highest BCUT2D eigenvalue weighted by Gasteiger charge is 2.05. The third-order valence-electron chi connectivity index (χ3n) is 1.88. The van der Waals surface area contributed by atoms with Crippen LogP contribution in [0.5, 0.6) is 0 Å². The van der Waals surface area contributed by atoms with Crippen molar-refractivity contribution in [3.8, 4) is 0 Å². The topological polar surface area (TPSA) is 82.2 Å². The molecule has 74 valence electrons. The second-order valence-corrected chi connectivity index (χ2v) is 3.76. The number of nitrogens with two attached hydrogens (primary N) is 2. The second-order valence-electron chi connectivity index (χ2n) is 2.95. The van der Waals surface area contributed by atoms with E-state index in [0.717, 1.165) is 12.1 Å². The maximum Gasteiger partial charge on any atom is 0.180 e. The van der Waals surface area contributed by atoms with Crippen LogP contribution in [0, 0.1) is 0 Å². The molecule has 0 aliphatic rings. The number of fused-ring (bicyclic) bond motifs is 1. The van der Waals surface area contributed by atoms with Crippen LogP contribution in [0.1, 0.15) is 5.69 Å². The number of hydrogen-bond donors (Lipinski definition) is 2. The predicted octanol–water partition coefficient (Wildman–Crippen LogP) is 0.575. The van der Waals surface area contributed by atoms with E-state index in [1.807, 2.05) is 16.8 Å². The lowest BCUT2D eigenvalue weighted by Gasteiger charge is -1.96. The van der Waals surface area contributed by atoms with Gasteiger partial charge in [-0.25, -0.2) is 9.97 Å². The van der Waals surface area contributed by atoms with Gasteiger partial charge in [-0.1, -0.05) is 0 Å². The van der Waals surface area contributed by atoms with Gasteiger partial charge in [0.1, 0.15) is 4.60 Å². The van der Waals surface area contributed by atoms with Crippen LogP contribution in [0.4, 0.5) is 5.82 Å². The van der Waals surface area contributed by atoms with Gasteiger partial charge in [-0.15, -0.1) is 0 Å².